The molecule has 5 rings (SSSR count). The van der Waals surface area contributed by atoms with Crippen molar-refractivity contribution in [3.05, 3.63) is 100 Å². The number of quaternary nitrogens is 1. The number of pyridine rings is 1. The maximum absolute atomic E-state index is 14.3. The second-order valence-electron chi connectivity index (χ2n) is 10.2. The maximum atomic E-state index is 14.3. The zero-order valence-corrected chi connectivity index (χ0v) is 24.7. The summed E-state index contributed by atoms with van der Waals surface area (Å²) in [7, 11) is 5.02. The third-order valence-corrected chi connectivity index (χ3v) is 7.53. The zero-order valence-electron chi connectivity index (χ0n) is 24.7. The number of ether oxygens (including phenoxy) is 2. The SMILES string of the molecule is C[NH2+]c1ccnc(NCc2ccc(OC)cc2OC)c1C(=N)c1ccc2c(c1)CCN2C(=O)Nc1cc(C(F)(F)F)ccc1F. The highest BCUT2D eigenvalue weighted by molar-refractivity contribution is 6.16. The van der Waals surface area contributed by atoms with Gasteiger partial charge in [0.1, 0.15) is 34.4 Å². The van der Waals surface area contributed by atoms with Gasteiger partial charge in [0.2, 0.25) is 0 Å². The van der Waals surface area contributed by atoms with Gasteiger partial charge in [-0.3, -0.25) is 10.3 Å². The number of hydrogen-bond donors (Lipinski definition) is 4. The molecule has 4 aromatic rings. The van der Waals surface area contributed by atoms with E-state index in [9.17, 15) is 22.4 Å². The number of nitrogens with zero attached hydrogens (tertiary/aromatic N) is 2. The first-order chi connectivity index (χ1) is 21.5. The third kappa shape index (κ3) is 6.53. The summed E-state index contributed by atoms with van der Waals surface area (Å²) in [6.45, 7) is 0.601. The van der Waals surface area contributed by atoms with Crippen molar-refractivity contribution in [2.45, 2.75) is 19.1 Å². The minimum Gasteiger partial charge on any atom is -0.497 e. The molecule has 2 amide bonds. The van der Waals surface area contributed by atoms with Crippen LogP contribution in [-0.4, -0.2) is 44.5 Å². The summed E-state index contributed by atoms with van der Waals surface area (Å²) in [5.41, 5.74) is 2.69. The highest BCUT2D eigenvalue weighted by Crippen LogP contribution is 2.34. The molecule has 1 aromatic heterocycles. The number of amides is 2. The molecule has 0 spiro atoms. The van der Waals surface area contributed by atoms with Crippen LogP contribution < -0.4 is 30.3 Å². The molecule has 234 valence electrons. The zero-order chi connectivity index (χ0) is 32.3. The Kier molecular flexibility index (Phi) is 8.91. The Hall–Kier alpha value is -5.17. The molecule has 0 bridgehead atoms. The Labute approximate surface area is 256 Å². The van der Waals surface area contributed by atoms with Crippen LogP contribution in [-0.2, 0) is 19.1 Å². The number of carbonyl (C=O) groups excluding carboxylic acids is 1. The molecule has 9 nitrogen and oxygen atoms in total. The molecule has 0 radical (unpaired) electrons. The molecule has 3 aromatic carbocycles. The quantitative estimate of drug-likeness (QED) is 0.141. The highest BCUT2D eigenvalue weighted by Gasteiger charge is 2.32. The number of anilines is 3. The number of rotatable bonds is 9. The molecule has 5 N–H and O–H groups in total. The molecule has 2 heterocycles. The fraction of sp³-hybridized carbons (Fsp3) is 0.219. The van der Waals surface area contributed by atoms with Crippen molar-refractivity contribution in [2.24, 2.45) is 0 Å². The lowest BCUT2D eigenvalue weighted by atomic mass is 9.98. The van der Waals surface area contributed by atoms with E-state index < -0.39 is 29.3 Å². The smallest absolute Gasteiger partial charge is 0.416 e. The topological polar surface area (TPSA) is 116 Å². The van der Waals surface area contributed by atoms with Crippen LogP contribution in [0.1, 0.15) is 27.8 Å². The maximum Gasteiger partial charge on any atom is 0.416 e. The normalized spacial score (nSPS) is 12.5. The first-order valence-corrected chi connectivity index (χ1v) is 13.9. The lowest BCUT2D eigenvalue weighted by Gasteiger charge is -2.19. The van der Waals surface area contributed by atoms with Crippen LogP contribution in [0.3, 0.4) is 0 Å². The Morgan fingerprint density at radius 3 is 2.58 bits per heavy atom. The minimum absolute atomic E-state index is 0.206. The Morgan fingerprint density at radius 2 is 1.87 bits per heavy atom. The molecule has 0 fully saturated rings. The van der Waals surface area contributed by atoms with E-state index in [-0.39, 0.29) is 12.3 Å². The Morgan fingerprint density at radius 1 is 1.07 bits per heavy atom. The van der Waals surface area contributed by atoms with Crippen molar-refractivity contribution >= 4 is 34.6 Å². The number of methoxy groups -OCH3 is 2. The number of urea groups is 1. The molecular formula is C32H31F4N6O3+. The molecule has 1 aliphatic rings. The van der Waals surface area contributed by atoms with Gasteiger partial charge >= 0.3 is 12.2 Å². The number of alkyl halides is 3. The molecule has 0 saturated heterocycles. The second-order valence-corrected chi connectivity index (χ2v) is 10.2. The van der Waals surface area contributed by atoms with E-state index in [4.69, 9.17) is 14.9 Å². The van der Waals surface area contributed by atoms with E-state index in [1.165, 1.54) is 4.90 Å². The first kappa shape index (κ1) is 31.3. The van der Waals surface area contributed by atoms with Gasteiger partial charge in [0.25, 0.3) is 0 Å². The molecule has 0 unspecified atom stereocenters. The lowest BCUT2D eigenvalue weighted by molar-refractivity contribution is -0.539. The van der Waals surface area contributed by atoms with Crippen LogP contribution >= 0.6 is 0 Å². The van der Waals surface area contributed by atoms with Crippen molar-refractivity contribution < 1.29 is 37.1 Å². The third-order valence-electron chi connectivity index (χ3n) is 7.53. The summed E-state index contributed by atoms with van der Waals surface area (Å²) >= 11 is 0. The predicted octanol–water partition coefficient (Wildman–Crippen LogP) is 5.70. The van der Waals surface area contributed by atoms with E-state index in [0.717, 1.165) is 16.8 Å². The van der Waals surface area contributed by atoms with Gasteiger partial charge in [-0.2, -0.15) is 13.2 Å². The van der Waals surface area contributed by atoms with Gasteiger partial charge in [0.15, 0.2) is 0 Å². The number of nitrogens with one attached hydrogen (secondary N) is 3. The second kappa shape index (κ2) is 12.8. The van der Waals surface area contributed by atoms with E-state index >= 15 is 0 Å². The van der Waals surface area contributed by atoms with Gasteiger partial charge in [0, 0.05) is 48.2 Å². The number of fused-ring (bicyclic) bond motifs is 1. The average molecular weight is 624 g/mol. The van der Waals surface area contributed by atoms with E-state index in [2.05, 4.69) is 15.6 Å². The van der Waals surface area contributed by atoms with Crippen LogP contribution in [0.5, 0.6) is 11.5 Å². The number of benzene rings is 3. The summed E-state index contributed by atoms with van der Waals surface area (Å²) in [5.74, 6) is 0.821. The summed E-state index contributed by atoms with van der Waals surface area (Å²) in [6, 6.07) is 13.6. The van der Waals surface area contributed by atoms with E-state index in [0.29, 0.717) is 65.3 Å². The molecule has 0 saturated carbocycles. The van der Waals surface area contributed by atoms with Crippen molar-refractivity contribution in [2.75, 3.05) is 43.3 Å². The number of aromatic nitrogens is 1. The van der Waals surface area contributed by atoms with E-state index in [1.807, 2.05) is 30.6 Å². The van der Waals surface area contributed by atoms with Gasteiger partial charge < -0.3 is 25.4 Å². The van der Waals surface area contributed by atoms with Gasteiger partial charge in [-0.15, -0.1) is 0 Å². The van der Waals surface area contributed by atoms with Crippen molar-refractivity contribution in [3.8, 4) is 11.5 Å². The lowest BCUT2D eigenvalue weighted by Crippen LogP contribution is -2.73. The summed E-state index contributed by atoms with van der Waals surface area (Å²) < 4.78 is 64.4. The van der Waals surface area contributed by atoms with Crippen LogP contribution in [0.15, 0.2) is 66.9 Å². The van der Waals surface area contributed by atoms with Crippen LogP contribution in [0.4, 0.5) is 45.2 Å². The Balaban J connectivity index is 1.37. The summed E-state index contributed by atoms with van der Waals surface area (Å²) in [4.78, 5) is 18.9. The van der Waals surface area contributed by atoms with Crippen molar-refractivity contribution in [1.29, 1.82) is 5.41 Å². The van der Waals surface area contributed by atoms with Gasteiger partial charge in [-0.25, -0.2) is 14.2 Å². The van der Waals surface area contributed by atoms with Gasteiger partial charge in [-0.05, 0) is 54.4 Å². The summed E-state index contributed by atoms with van der Waals surface area (Å²) in [5, 5.41) is 16.6. The number of carbonyl (C=O) groups is 1. The number of nitrogens with two attached hydrogens (primary N) is 1. The van der Waals surface area contributed by atoms with Crippen LogP contribution in [0.25, 0.3) is 0 Å². The van der Waals surface area contributed by atoms with Crippen molar-refractivity contribution in [3.63, 3.8) is 0 Å². The van der Waals surface area contributed by atoms with Gasteiger partial charge in [-0.1, -0.05) is 6.07 Å². The molecule has 13 heteroatoms. The monoisotopic (exact) mass is 623 g/mol. The number of hydrogen-bond acceptors (Lipinski definition) is 6. The fourth-order valence-corrected chi connectivity index (χ4v) is 5.18. The largest absolute Gasteiger partial charge is 0.497 e. The number of halogens is 4. The van der Waals surface area contributed by atoms with Gasteiger partial charge in [0.05, 0.1) is 38.2 Å². The van der Waals surface area contributed by atoms with Crippen molar-refractivity contribution in [1.82, 2.24) is 4.98 Å². The Bertz CT molecular complexity index is 1760. The molecule has 0 aliphatic carbocycles. The molecule has 0 atom stereocenters. The van der Waals surface area contributed by atoms with Crippen LogP contribution in [0.2, 0.25) is 0 Å². The average Bonchev–Trinajstić information content (AvgIpc) is 3.47. The fourth-order valence-electron chi connectivity index (χ4n) is 5.18. The van der Waals surface area contributed by atoms with E-state index in [1.54, 1.807) is 44.7 Å². The molecular weight excluding hydrogens is 592 g/mol. The molecule has 1 aliphatic heterocycles. The predicted molar refractivity (Wildman–Crippen MR) is 162 cm³/mol. The first-order valence-electron chi connectivity index (χ1n) is 13.9. The standard InChI is InChI=1S/C32H30F4N6O3/c1-38-24-10-12-39-30(40-17-20-4-7-22(44-2)16-27(20)45-3)28(24)29(37)19-5-9-26-18(14-19)11-13-42(26)31(43)41-25-15-21(32(34,35)36)6-8-23(25)33/h4-10,12,14-16,37H,11,13,17H2,1-3H3,(H,41,43)(H2,38,39,40)/p+1. The van der Waals surface area contributed by atoms with Crippen LogP contribution in [0, 0.1) is 11.2 Å². The summed E-state index contributed by atoms with van der Waals surface area (Å²) in [6.07, 6.45) is -2.58. The molecule has 45 heavy (non-hydrogen) atoms. The minimum atomic E-state index is -4.68. The highest BCUT2D eigenvalue weighted by atomic mass is 19.4.